The minimum atomic E-state index is -0.822. The van der Waals surface area contributed by atoms with E-state index in [4.69, 9.17) is 5.11 Å². The van der Waals surface area contributed by atoms with Gasteiger partial charge in [0.1, 0.15) is 4.88 Å². The van der Waals surface area contributed by atoms with Crippen molar-refractivity contribution in [1.29, 1.82) is 0 Å². The highest BCUT2D eigenvalue weighted by Crippen LogP contribution is 2.22. The average molecular weight is 296 g/mol. The number of aromatic carboxylic acids is 1. The Bertz CT molecular complexity index is 451. The molecule has 112 valence electrons. The maximum Gasteiger partial charge on any atom is 0.345 e. The van der Waals surface area contributed by atoms with Crippen LogP contribution in [0.25, 0.3) is 0 Å². The van der Waals surface area contributed by atoms with Gasteiger partial charge in [-0.2, -0.15) is 0 Å². The van der Waals surface area contributed by atoms with Crippen LogP contribution in [0, 0.1) is 6.92 Å². The first-order chi connectivity index (χ1) is 9.60. The summed E-state index contributed by atoms with van der Waals surface area (Å²) in [5, 5.41) is 12.6. The van der Waals surface area contributed by atoms with Crippen LogP contribution in [0.15, 0.2) is 6.07 Å². The maximum absolute atomic E-state index is 11.0. The molecule has 1 aliphatic heterocycles. The molecule has 0 saturated carbocycles. The molecule has 0 radical (unpaired) electrons. The molecule has 1 aromatic rings. The van der Waals surface area contributed by atoms with Gasteiger partial charge in [0.2, 0.25) is 0 Å². The quantitative estimate of drug-likeness (QED) is 0.847. The fraction of sp³-hybridized carbons (Fsp3) is 0.667. The summed E-state index contributed by atoms with van der Waals surface area (Å²) in [5.41, 5.74) is 1.13. The standard InChI is InChI=1S/C15H24N2O2S/c1-3-6-17-7-4-13(5-8-17)16-10-12-9-14(15(18)19)20-11(12)2/h9,13,16H,3-8,10H2,1-2H3,(H,18,19). The Morgan fingerprint density at radius 1 is 1.50 bits per heavy atom. The lowest BCUT2D eigenvalue weighted by Crippen LogP contribution is -2.42. The Kier molecular flexibility index (Phi) is 5.57. The van der Waals surface area contributed by atoms with Crippen LogP contribution in [0.2, 0.25) is 0 Å². The van der Waals surface area contributed by atoms with Crippen molar-refractivity contribution in [2.24, 2.45) is 0 Å². The van der Waals surface area contributed by atoms with Gasteiger partial charge in [0.25, 0.3) is 0 Å². The van der Waals surface area contributed by atoms with Crippen molar-refractivity contribution < 1.29 is 9.90 Å². The van der Waals surface area contributed by atoms with Crippen molar-refractivity contribution in [3.63, 3.8) is 0 Å². The van der Waals surface area contributed by atoms with E-state index in [-0.39, 0.29) is 0 Å². The van der Waals surface area contributed by atoms with E-state index in [2.05, 4.69) is 17.1 Å². The SMILES string of the molecule is CCCN1CCC(NCc2cc(C(=O)O)sc2C)CC1. The maximum atomic E-state index is 11.0. The van der Waals surface area contributed by atoms with Crippen LogP contribution >= 0.6 is 11.3 Å². The summed E-state index contributed by atoms with van der Waals surface area (Å²) >= 11 is 1.37. The Morgan fingerprint density at radius 3 is 2.75 bits per heavy atom. The molecule has 2 heterocycles. The molecule has 0 spiro atoms. The molecule has 4 nitrogen and oxygen atoms in total. The molecule has 20 heavy (non-hydrogen) atoms. The van der Waals surface area contributed by atoms with E-state index in [0.29, 0.717) is 10.9 Å². The van der Waals surface area contributed by atoms with Gasteiger partial charge >= 0.3 is 5.97 Å². The largest absolute Gasteiger partial charge is 0.477 e. The number of carboxylic acids is 1. The minimum Gasteiger partial charge on any atom is -0.477 e. The Balaban J connectivity index is 1.80. The van der Waals surface area contributed by atoms with E-state index in [9.17, 15) is 4.79 Å². The predicted molar refractivity (Wildman–Crippen MR) is 82.6 cm³/mol. The number of rotatable bonds is 6. The molecule has 0 aliphatic carbocycles. The highest BCUT2D eigenvalue weighted by atomic mass is 32.1. The number of hydrogen-bond donors (Lipinski definition) is 2. The summed E-state index contributed by atoms with van der Waals surface area (Å²) in [4.78, 5) is 15.0. The van der Waals surface area contributed by atoms with Gasteiger partial charge in [-0.15, -0.1) is 11.3 Å². The normalized spacial score (nSPS) is 17.5. The van der Waals surface area contributed by atoms with E-state index in [0.717, 1.165) is 17.0 Å². The van der Waals surface area contributed by atoms with Crippen molar-refractivity contribution in [1.82, 2.24) is 10.2 Å². The van der Waals surface area contributed by atoms with Crippen molar-refractivity contribution in [3.05, 3.63) is 21.4 Å². The number of nitrogens with one attached hydrogen (secondary N) is 1. The topological polar surface area (TPSA) is 52.6 Å². The highest BCUT2D eigenvalue weighted by Gasteiger charge is 2.18. The van der Waals surface area contributed by atoms with Crippen LogP contribution in [0.4, 0.5) is 0 Å². The monoisotopic (exact) mass is 296 g/mol. The molecule has 2 N–H and O–H groups in total. The second-order valence-electron chi connectivity index (χ2n) is 5.49. The summed E-state index contributed by atoms with van der Waals surface area (Å²) in [6.45, 7) is 8.57. The number of aryl methyl sites for hydroxylation is 1. The Morgan fingerprint density at radius 2 is 2.20 bits per heavy atom. The van der Waals surface area contributed by atoms with Crippen molar-refractivity contribution in [2.75, 3.05) is 19.6 Å². The minimum absolute atomic E-state index is 0.442. The number of carbonyl (C=O) groups is 1. The lowest BCUT2D eigenvalue weighted by molar-refractivity contribution is 0.0702. The molecule has 0 bridgehead atoms. The number of hydrogen-bond acceptors (Lipinski definition) is 4. The summed E-state index contributed by atoms with van der Waals surface area (Å²) < 4.78 is 0. The van der Waals surface area contributed by atoms with Gasteiger partial charge in [0, 0.05) is 17.5 Å². The van der Waals surface area contributed by atoms with Crippen molar-refractivity contribution in [2.45, 2.75) is 45.7 Å². The van der Waals surface area contributed by atoms with E-state index in [1.54, 1.807) is 0 Å². The summed E-state index contributed by atoms with van der Waals surface area (Å²) in [6, 6.07) is 2.37. The third kappa shape index (κ3) is 4.04. The van der Waals surface area contributed by atoms with Gasteiger partial charge in [-0.05, 0) is 57.5 Å². The molecule has 0 amide bonds. The predicted octanol–water partition coefficient (Wildman–Crippen LogP) is 2.72. The molecule has 0 atom stereocenters. The van der Waals surface area contributed by atoms with Crippen molar-refractivity contribution >= 4 is 17.3 Å². The van der Waals surface area contributed by atoms with Crippen LogP contribution < -0.4 is 5.32 Å². The number of carboxylic acid groups (broad SMARTS) is 1. The number of piperidine rings is 1. The first-order valence-corrected chi connectivity index (χ1v) is 8.20. The third-order valence-corrected chi connectivity index (χ3v) is 5.02. The number of nitrogens with zero attached hydrogens (tertiary/aromatic N) is 1. The summed E-state index contributed by atoms with van der Waals surface area (Å²) in [7, 11) is 0. The van der Waals surface area contributed by atoms with E-state index in [1.807, 2.05) is 13.0 Å². The smallest absolute Gasteiger partial charge is 0.345 e. The molecule has 0 aromatic carbocycles. The zero-order chi connectivity index (χ0) is 14.5. The number of thiophene rings is 1. The molecule has 1 fully saturated rings. The lowest BCUT2D eigenvalue weighted by Gasteiger charge is -2.32. The molecular weight excluding hydrogens is 272 g/mol. The molecule has 0 unspecified atom stereocenters. The van der Waals surface area contributed by atoms with Gasteiger partial charge in [-0.3, -0.25) is 0 Å². The first kappa shape index (κ1) is 15.5. The zero-order valence-electron chi connectivity index (χ0n) is 12.3. The fourth-order valence-corrected chi connectivity index (χ4v) is 3.61. The molecule has 1 aliphatic rings. The van der Waals surface area contributed by atoms with Gasteiger partial charge in [0.15, 0.2) is 0 Å². The molecule has 2 rings (SSSR count). The van der Waals surface area contributed by atoms with Crippen LogP contribution in [-0.4, -0.2) is 41.7 Å². The molecule has 1 aromatic heterocycles. The van der Waals surface area contributed by atoms with E-state index in [1.165, 1.54) is 50.2 Å². The second kappa shape index (κ2) is 7.20. The number of likely N-dealkylation sites (tertiary alicyclic amines) is 1. The van der Waals surface area contributed by atoms with Gasteiger partial charge in [-0.25, -0.2) is 4.79 Å². The van der Waals surface area contributed by atoms with Gasteiger partial charge in [0.05, 0.1) is 0 Å². The molecular formula is C15H24N2O2S. The van der Waals surface area contributed by atoms with Crippen LogP contribution in [0.1, 0.15) is 46.3 Å². The van der Waals surface area contributed by atoms with E-state index < -0.39 is 5.97 Å². The summed E-state index contributed by atoms with van der Waals surface area (Å²) in [6.07, 6.45) is 3.61. The van der Waals surface area contributed by atoms with Crippen LogP contribution in [-0.2, 0) is 6.54 Å². The first-order valence-electron chi connectivity index (χ1n) is 7.38. The lowest BCUT2D eigenvalue weighted by atomic mass is 10.0. The Hall–Kier alpha value is -0.910. The highest BCUT2D eigenvalue weighted by molar-refractivity contribution is 7.14. The average Bonchev–Trinajstić information content (AvgIpc) is 2.80. The fourth-order valence-electron chi connectivity index (χ4n) is 2.73. The molecule has 5 heteroatoms. The Labute approximate surface area is 124 Å². The van der Waals surface area contributed by atoms with Crippen molar-refractivity contribution in [3.8, 4) is 0 Å². The van der Waals surface area contributed by atoms with Crippen LogP contribution in [0.5, 0.6) is 0 Å². The molecule has 1 saturated heterocycles. The van der Waals surface area contributed by atoms with Crippen LogP contribution in [0.3, 0.4) is 0 Å². The summed E-state index contributed by atoms with van der Waals surface area (Å²) in [5.74, 6) is -0.822. The van der Waals surface area contributed by atoms with Gasteiger partial charge in [-0.1, -0.05) is 6.92 Å². The third-order valence-electron chi connectivity index (χ3n) is 3.94. The zero-order valence-corrected chi connectivity index (χ0v) is 13.1. The second-order valence-corrected chi connectivity index (χ2v) is 6.75. The van der Waals surface area contributed by atoms with Gasteiger partial charge < -0.3 is 15.3 Å². The van der Waals surface area contributed by atoms with E-state index >= 15 is 0 Å².